The maximum Gasteiger partial charge on any atom is 0.229 e. The number of hydrogen-bond donors (Lipinski definition) is 1. The van der Waals surface area contributed by atoms with Crippen molar-refractivity contribution in [2.24, 2.45) is 5.92 Å². The molecule has 1 saturated heterocycles. The minimum absolute atomic E-state index is 0.0984. The van der Waals surface area contributed by atoms with Crippen molar-refractivity contribution < 1.29 is 9.59 Å². The van der Waals surface area contributed by atoms with Crippen LogP contribution in [0.5, 0.6) is 0 Å². The lowest BCUT2D eigenvalue weighted by atomic mass is 10.0. The van der Waals surface area contributed by atoms with Crippen molar-refractivity contribution >= 4 is 46.4 Å². The van der Waals surface area contributed by atoms with Crippen LogP contribution in [0.3, 0.4) is 0 Å². The maximum absolute atomic E-state index is 12.5. The van der Waals surface area contributed by atoms with Crippen molar-refractivity contribution in [3.63, 3.8) is 0 Å². The second-order valence-electron chi connectivity index (χ2n) is 6.77. The smallest absolute Gasteiger partial charge is 0.229 e. The van der Waals surface area contributed by atoms with Crippen LogP contribution in [0.4, 0.5) is 11.4 Å². The summed E-state index contributed by atoms with van der Waals surface area (Å²) in [5.74, 6) is -0.217. The molecule has 0 unspecified atom stereocenters. The number of carbonyl (C=O) groups is 2. The maximum atomic E-state index is 12.5. The molecule has 0 aliphatic carbocycles. The summed E-state index contributed by atoms with van der Waals surface area (Å²) in [6.07, 6.45) is 0.177. The Hall–Kier alpha value is -2.04. The molecule has 136 valence electrons. The van der Waals surface area contributed by atoms with Crippen LogP contribution in [0.1, 0.15) is 31.7 Å². The van der Waals surface area contributed by atoms with Crippen LogP contribution >= 0.6 is 23.2 Å². The van der Waals surface area contributed by atoms with Gasteiger partial charge in [0, 0.05) is 24.3 Å². The fourth-order valence-electron chi connectivity index (χ4n) is 2.98. The summed E-state index contributed by atoms with van der Waals surface area (Å²) in [5, 5.41) is 3.71. The Morgan fingerprint density at radius 2 is 1.81 bits per heavy atom. The molecule has 1 aliphatic heterocycles. The van der Waals surface area contributed by atoms with Gasteiger partial charge >= 0.3 is 0 Å². The molecular formula is C20H20Cl2N2O2. The van der Waals surface area contributed by atoms with E-state index in [4.69, 9.17) is 23.2 Å². The van der Waals surface area contributed by atoms with Crippen molar-refractivity contribution in [2.75, 3.05) is 16.8 Å². The number of nitrogens with zero attached hydrogens (tertiary/aromatic N) is 1. The van der Waals surface area contributed by atoms with E-state index in [1.807, 2.05) is 24.3 Å². The fourth-order valence-corrected chi connectivity index (χ4v) is 3.27. The molecule has 1 N–H and O–H groups in total. The average Bonchev–Trinajstić information content (AvgIpc) is 3.00. The molecule has 0 saturated carbocycles. The van der Waals surface area contributed by atoms with Crippen LogP contribution in [0.25, 0.3) is 0 Å². The van der Waals surface area contributed by atoms with Crippen LogP contribution in [0, 0.1) is 5.92 Å². The Morgan fingerprint density at radius 3 is 2.42 bits per heavy atom. The van der Waals surface area contributed by atoms with Crippen LogP contribution in [0.2, 0.25) is 10.0 Å². The number of amides is 2. The lowest BCUT2D eigenvalue weighted by Crippen LogP contribution is -2.28. The Labute approximate surface area is 163 Å². The Bertz CT molecular complexity index is 834. The van der Waals surface area contributed by atoms with Gasteiger partial charge in [-0.05, 0) is 41.8 Å². The molecule has 1 fully saturated rings. The summed E-state index contributed by atoms with van der Waals surface area (Å²) in [6, 6.07) is 12.8. The first-order chi connectivity index (χ1) is 12.3. The van der Waals surface area contributed by atoms with E-state index >= 15 is 0 Å². The van der Waals surface area contributed by atoms with E-state index in [0.29, 0.717) is 28.2 Å². The van der Waals surface area contributed by atoms with E-state index in [0.717, 1.165) is 5.69 Å². The summed E-state index contributed by atoms with van der Waals surface area (Å²) in [6.45, 7) is 4.57. The highest BCUT2D eigenvalue weighted by atomic mass is 35.5. The number of nitrogens with one attached hydrogen (secondary N) is 1. The zero-order chi connectivity index (χ0) is 18.8. The summed E-state index contributed by atoms with van der Waals surface area (Å²) in [5.41, 5.74) is 2.60. The largest absolute Gasteiger partial charge is 0.326 e. The standard InChI is InChI=1S/C20H20Cl2N2O2/c1-12(2)13-3-5-15(6-4-13)23-20(26)14-9-19(25)24(11-14)16-7-8-17(21)18(22)10-16/h3-8,10,12,14H,9,11H2,1-2H3,(H,23,26)/t14-/m1/s1. The number of anilines is 2. The SMILES string of the molecule is CC(C)c1ccc(NC(=O)[C@@H]2CC(=O)N(c3ccc(Cl)c(Cl)c3)C2)cc1. The topological polar surface area (TPSA) is 49.4 Å². The van der Waals surface area contributed by atoms with Crippen molar-refractivity contribution in [1.82, 2.24) is 0 Å². The van der Waals surface area contributed by atoms with E-state index in [-0.39, 0.29) is 18.2 Å². The van der Waals surface area contributed by atoms with Gasteiger partial charge in [-0.2, -0.15) is 0 Å². The van der Waals surface area contributed by atoms with Crippen molar-refractivity contribution in [1.29, 1.82) is 0 Å². The molecule has 4 nitrogen and oxygen atoms in total. The first-order valence-electron chi connectivity index (χ1n) is 8.51. The molecule has 1 aliphatic rings. The summed E-state index contributed by atoms with van der Waals surface area (Å²) in [4.78, 5) is 26.4. The molecule has 2 aromatic carbocycles. The van der Waals surface area contributed by atoms with Gasteiger partial charge in [0.2, 0.25) is 11.8 Å². The first-order valence-corrected chi connectivity index (χ1v) is 9.27. The van der Waals surface area contributed by atoms with Gasteiger partial charge < -0.3 is 10.2 Å². The van der Waals surface area contributed by atoms with E-state index in [1.54, 1.807) is 23.1 Å². The second-order valence-corrected chi connectivity index (χ2v) is 7.58. The van der Waals surface area contributed by atoms with Gasteiger partial charge in [-0.25, -0.2) is 0 Å². The molecular weight excluding hydrogens is 371 g/mol. The van der Waals surface area contributed by atoms with E-state index in [2.05, 4.69) is 19.2 Å². The third kappa shape index (κ3) is 4.02. The number of benzene rings is 2. The minimum Gasteiger partial charge on any atom is -0.326 e. The zero-order valence-electron chi connectivity index (χ0n) is 14.6. The lowest BCUT2D eigenvalue weighted by molar-refractivity contribution is -0.122. The van der Waals surface area contributed by atoms with Crippen LogP contribution < -0.4 is 10.2 Å². The summed E-state index contributed by atoms with van der Waals surface area (Å²) in [7, 11) is 0. The molecule has 3 rings (SSSR count). The molecule has 0 aromatic heterocycles. The second kappa shape index (κ2) is 7.68. The minimum atomic E-state index is -0.401. The number of hydrogen-bond acceptors (Lipinski definition) is 2. The Kier molecular flexibility index (Phi) is 5.54. The predicted molar refractivity (Wildman–Crippen MR) is 106 cm³/mol. The van der Waals surface area contributed by atoms with Crippen LogP contribution in [-0.4, -0.2) is 18.4 Å². The lowest BCUT2D eigenvalue weighted by Gasteiger charge is -2.17. The molecule has 0 bridgehead atoms. The fraction of sp³-hybridized carbons (Fsp3) is 0.300. The zero-order valence-corrected chi connectivity index (χ0v) is 16.1. The summed E-state index contributed by atoms with van der Waals surface area (Å²) < 4.78 is 0. The molecule has 26 heavy (non-hydrogen) atoms. The van der Waals surface area contributed by atoms with Gasteiger partial charge in [0.25, 0.3) is 0 Å². The highest BCUT2D eigenvalue weighted by Gasteiger charge is 2.35. The monoisotopic (exact) mass is 390 g/mol. The Balaban J connectivity index is 1.67. The highest BCUT2D eigenvalue weighted by Crippen LogP contribution is 2.31. The van der Waals surface area contributed by atoms with Crippen LogP contribution in [0.15, 0.2) is 42.5 Å². The van der Waals surface area contributed by atoms with Crippen molar-refractivity contribution in [3.8, 4) is 0 Å². The van der Waals surface area contributed by atoms with E-state index < -0.39 is 5.92 Å². The van der Waals surface area contributed by atoms with Crippen LogP contribution in [-0.2, 0) is 9.59 Å². The van der Waals surface area contributed by atoms with E-state index in [9.17, 15) is 9.59 Å². The quantitative estimate of drug-likeness (QED) is 0.788. The van der Waals surface area contributed by atoms with E-state index in [1.165, 1.54) is 5.56 Å². The predicted octanol–water partition coefficient (Wildman–Crippen LogP) is 5.11. The molecule has 0 radical (unpaired) electrons. The molecule has 1 atom stereocenters. The van der Waals surface area contributed by atoms with Crippen molar-refractivity contribution in [2.45, 2.75) is 26.2 Å². The molecule has 2 amide bonds. The highest BCUT2D eigenvalue weighted by molar-refractivity contribution is 6.42. The third-order valence-electron chi connectivity index (χ3n) is 4.56. The first kappa shape index (κ1) is 18.7. The van der Waals surface area contributed by atoms with Gasteiger partial charge in [-0.3, -0.25) is 9.59 Å². The normalized spacial score (nSPS) is 17.0. The molecule has 1 heterocycles. The van der Waals surface area contributed by atoms with Gasteiger partial charge in [-0.1, -0.05) is 49.2 Å². The number of carbonyl (C=O) groups excluding carboxylic acids is 2. The third-order valence-corrected chi connectivity index (χ3v) is 5.29. The molecule has 6 heteroatoms. The molecule has 2 aromatic rings. The number of rotatable bonds is 4. The van der Waals surface area contributed by atoms with Gasteiger partial charge in [0.1, 0.15) is 0 Å². The van der Waals surface area contributed by atoms with Gasteiger partial charge in [0.05, 0.1) is 16.0 Å². The van der Waals surface area contributed by atoms with Gasteiger partial charge in [0.15, 0.2) is 0 Å². The van der Waals surface area contributed by atoms with Crippen molar-refractivity contribution in [3.05, 3.63) is 58.1 Å². The average molecular weight is 391 g/mol. The Morgan fingerprint density at radius 1 is 1.12 bits per heavy atom. The summed E-state index contributed by atoms with van der Waals surface area (Å²) >= 11 is 12.0. The molecule has 0 spiro atoms. The number of halogens is 2. The van der Waals surface area contributed by atoms with Gasteiger partial charge in [-0.15, -0.1) is 0 Å².